The van der Waals surface area contributed by atoms with E-state index in [1.807, 2.05) is 31.2 Å². The zero-order chi connectivity index (χ0) is 13.1. The summed E-state index contributed by atoms with van der Waals surface area (Å²) in [5.41, 5.74) is 1.32. The quantitative estimate of drug-likeness (QED) is 0.947. The number of carbonyl (C=O) groups excluding carboxylic acids is 1. The number of rotatable bonds is 3. The summed E-state index contributed by atoms with van der Waals surface area (Å²) in [5.74, 6) is 0.379. The summed E-state index contributed by atoms with van der Waals surface area (Å²) >= 11 is 3.46. The van der Waals surface area contributed by atoms with Crippen LogP contribution in [0.5, 0.6) is 0 Å². The van der Waals surface area contributed by atoms with Crippen molar-refractivity contribution in [2.45, 2.75) is 19.9 Å². The molecule has 5 heteroatoms. The molecule has 2 rings (SSSR count). The molecule has 0 saturated carbocycles. The van der Waals surface area contributed by atoms with Crippen molar-refractivity contribution < 1.29 is 9.32 Å². The van der Waals surface area contributed by atoms with E-state index < -0.39 is 0 Å². The fraction of sp³-hybridized carbons (Fsp3) is 0.231. The van der Waals surface area contributed by atoms with Gasteiger partial charge in [-0.2, -0.15) is 0 Å². The largest absolute Gasteiger partial charge is 0.361 e. The fourth-order valence-electron chi connectivity index (χ4n) is 1.65. The summed E-state index contributed by atoms with van der Waals surface area (Å²) in [5, 5.41) is 6.56. The Hall–Kier alpha value is -1.62. The molecule has 1 atom stereocenters. The SMILES string of the molecule is Cc1cc(C(=O)N[C@H](C)c2ccccc2Br)no1. The van der Waals surface area contributed by atoms with Crippen LogP contribution in [0, 0.1) is 6.92 Å². The first-order valence-corrected chi connectivity index (χ1v) is 6.36. The Morgan fingerprint density at radius 1 is 1.44 bits per heavy atom. The maximum Gasteiger partial charge on any atom is 0.273 e. The van der Waals surface area contributed by atoms with Crippen LogP contribution in [0.2, 0.25) is 0 Å². The minimum Gasteiger partial charge on any atom is -0.361 e. The fourth-order valence-corrected chi connectivity index (χ4v) is 2.28. The Morgan fingerprint density at radius 2 is 2.17 bits per heavy atom. The molecule has 0 aliphatic heterocycles. The lowest BCUT2D eigenvalue weighted by atomic mass is 10.1. The van der Waals surface area contributed by atoms with Gasteiger partial charge in [-0.1, -0.05) is 39.3 Å². The summed E-state index contributed by atoms with van der Waals surface area (Å²) < 4.78 is 5.84. The molecule has 18 heavy (non-hydrogen) atoms. The van der Waals surface area contributed by atoms with Crippen molar-refractivity contribution in [2.75, 3.05) is 0 Å². The number of nitrogens with one attached hydrogen (secondary N) is 1. The maximum absolute atomic E-state index is 11.9. The average molecular weight is 309 g/mol. The van der Waals surface area contributed by atoms with Gasteiger partial charge in [-0.3, -0.25) is 4.79 Å². The number of carbonyl (C=O) groups is 1. The van der Waals surface area contributed by atoms with Crippen LogP contribution in [-0.2, 0) is 0 Å². The van der Waals surface area contributed by atoms with E-state index in [2.05, 4.69) is 26.4 Å². The number of halogens is 1. The number of nitrogens with zero attached hydrogens (tertiary/aromatic N) is 1. The van der Waals surface area contributed by atoms with Crippen LogP contribution in [0.4, 0.5) is 0 Å². The van der Waals surface area contributed by atoms with Crippen molar-refractivity contribution >= 4 is 21.8 Å². The molecule has 0 fully saturated rings. The van der Waals surface area contributed by atoms with E-state index in [0.29, 0.717) is 11.5 Å². The number of amides is 1. The zero-order valence-electron chi connectivity index (χ0n) is 10.1. The second-order valence-corrected chi connectivity index (χ2v) is 4.89. The van der Waals surface area contributed by atoms with Crippen LogP contribution in [0.25, 0.3) is 0 Å². The van der Waals surface area contributed by atoms with Crippen molar-refractivity contribution in [2.24, 2.45) is 0 Å². The summed E-state index contributed by atoms with van der Waals surface area (Å²) in [6.45, 7) is 3.67. The van der Waals surface area contributed by atoms with Crippen molar-refractivity contribution in [1.82, 2.24) is 10.5 Å². The molecule has 0 saturated heterocycles. The summed E-state index contributed by atoms with van der Waals surface area (Å²) in [7, 11) is 0. The van der Waals surface area contributed by atoms with Crippen LogP contribution in [0.15, 0.2) is 39.3 Å². The van der Waals surface area contributed by atoms with Crippen molar-refractivity contribution in [1.29, 1.82) is 0 Å². The molecule has 1 aromatic carbocycles. The molecule has 1 heterocycles. The lowest BCUT2D eigenvalue weighted by molar-refractivity contribution is 0.0930. The highest BCUT2D eigenvalue weighted by molar-refractivity contribution is 9.10. The van der Waals surface area contributed by atoms with Gasteiger partial charge in [0.25, 0.3) is 5.91 Å². The lowest BCUT2D eigenvalue weighted by Gasteiger charge is -2.14. The molecule has 0 aliphatic rings. The molecule has 0 unspecified atom stereocenters. The monoisotopic (exact) mass is 308 g/mol. The number of aryl methyl sites for hydroxylation is 1. The number of hydrogen-bond donors (Lipinski definition) is 1. The first kappa shape index (κ1) is 12.8. The second kappa shape index (κ2) is 5.35. The molecule has 4 nitrogen and oxygen atoms in total. The Labute approximate surface area is 113 Å². The molecule has 0 bridgehead atoms. The first-order valence-electron chi connectivity index (χ1n) is 5.56. The van der Waals surface area contributed by atoms with E-state index in [9.17, 15) is 4.79 Å². The van der Waals surface area contributed by atoms with E-state index in [-0.39, 0.29) is 11.9 Å². The van der Waals surface area contributed by atoms with Crippen LogP contribution < -0.4 is 5.32 Å². The van der Waals surface area contributed by atoms with Gasteiger partial charge in [0, 0.05) is 10.5 Å². The van der Waals surface area contributed by atoms with Crippen molar-refractivity contribution in [3.05, 3.63) is 51.8 Å². The van der Waals surface area contributed by atoms with E-state index in [4.69, 9.17) is 4.52 Å². The summed E-state index contributed by atoms with van der Waals surface area (Å²) in [4.78, 5) is 11.9. The summed E-state index contributed by atoms with van der Waals surface area (Å²) in [6.07, 6.45) is 0. The predicted octanol–water partition coefficient (Wildman–Crippen LogP) is 3.24. The Balaban J connectivity index is 2.10. The molecule has 0 radical (unpaired) electrons. The maximum atomic E-state index is 11.9. The molecule has 1 amide bonds. The highest BCUT2D eigenvalue weighted by Gasteiger charge is 2.15. The number of hydrogen-bond acceptors (Lipinski definition) is 3. The number of benzene rings is 1. The molecule has 0 spiro atoms. The predicted molar refractivity (Wildman–Crippen MR) is 71.3 cm³/mol. The molecule has 1 aromatic heterocycles. The van der Waals surface area contributed by atoms with E-state index >= 15 is 0 Å². The Kier molecular flexibility index (Phi) is 3.81. The third-order valence-electron chi connectivity index (χ3n) is 2.58. The number of aromatic nitrogens is 1. The molecule has 94 valence electrons. The van der Waals surface area contributed by atoms with Crippen LogP contribution in [0.3, 0.4) is 0 Å². The van der Waals surface area contributed by atoms with Gasteiger partial charge in [0.1, 0.15) is 5.76 Å². The first-order chi connectivity index (χ1) is 8.58. The van der Waals surface area contributed by atoms with Crippen LogP contribution in [-0.4, -0.2) is 11.1 Å². The lowest BCUT2D eigenvalue weighted by Crippen LogP contribution is -2.27. The summed E-state index contributed by atoms with van der Waals surface area (Å²) in [6, 6.07) is 9.28. The van der Waals surface area contributed by atoms with E-state index in [1.165, 1.54) is 0 Å². The third kappa shape index (κ3) is 2.79. The smallest absolute Gasteiger partial charge is 0.273 e. The highest BCUT2D eigenvalue weighted by atomic mass is 79.9. The third-order valence-corrected chi connectivity index (χ3v) is 3.30. The van der Waals surface area contributed by atoms with Gasteiger partial charge in [-0.15, -0.1) is 0 Å². The van der Waals surface area contributed by atoms with Gasteiger partial charge in [-0.05, 0) is 25.5 Å². The minimum atomic E-state index is -0.241. The average Bonchev–Trinajstić information content (AvgIpc) is 2.76. The zero-order valence-corrected chi connectivity index (χ0v) is 11.7. The topological polar surface area (TPSA) is 55.1 Å². The Bertz CT molecular complexity index is 566. The molecule has 2 aromatic rings. The van der Waals surface area contributed by atoms with Gasteiger partial charge in [0.15, 0.2) is 5.69 Å². The minimum absolute atomic E-state index is 0.106. The highest BCUT2D eigenvalue weighted by Crippen LogP contribution is 2.22. The van der Waals surface area contributed by atoms with Crippen molar-refractivity contribution in [3.63, 3.8) is 0 Å². The molecule has 0 aliphatic carbocycles. The van der Waals surface area contributed by atoms with E-state index in [0.717, 1.165) is 10.0 Å². The second-order valence-electron chi connectivity index (χ2n) is 4.04. The van der Waals surface area contributed by atoms with Gasteiger partial charge < -0.3 is 9.84 Å². The van der Waals surface area contributed by atoms with Gasteiger partial charge >= 0.3 is 0 Å². The van der Waals surface area contributed by atoms with Gasteiger partial charge in [-0.25, -0.2) is 0 Å². The van der Waals surface area contributed by atoms with Gasteiger partial charge in [0.2, 0.25) is 0 Å². The normalized spacial score (nSPS) is 12.2. The Morgan fingerprint density at radius 3 is 2.78 bits per heavy atom. The van der Waals surface area contributed by atoms with Crippen LogP contribution >= 0.6 is 15.9 Å². The van der Waals surface area contributed by atoms with Gasteiger partial charge in [0.05, 0.1) is 6.04 Å². The molecular weight excluding hydrogens is 296 g/mol. The van der Waals surface area contributed by atoms with Crippen molar-refractivity contribution in [3.8, 4) is 0 Å². The molecule has 1 N–H and O–H groups in total. The van der Waals surface area contributed by atoms with E-state index in [1.54, 1.807) is 13.0 Å². The standard InChI is InChI=1S/C13H13BrN2O2/c1-8-7-12(16-18-8)13(17)15-9(2)10-5-3-4-6-11(10)14/h3-7,9H,1-2H3,(H,15,17)/t9-/m1/s1. The molecular formula is C13H13BrN2O2. The van der Waals surface area contributed by atoms with Crippen LogP contribution in [0.1, 0.15) is 34.8 Å².